The number of pyridine rings is 1. The second kappa shape index (κ2) is 7.51. The Bertz CT molecular complexity index is 1090. The lowest BCUT2D eigenvalue weighted by atomic mass is 9.66. The number of rotatable bonds is 5. The highest BCUT2D eigenvalue weighted by molar-refractivity contribution is 6.32. The lowest BCUT2D eigenvalue weighted by Crippen LogP contribution is -2.42. The number of hydrogen-bond donors (Lipinski definition) is 2. The molecule has 1 fully saturated rings. The van der Waals surface area contributed by atoms with Crippen molar-refractivity contribution in [2.24, 2.45) is 0 Å². The molecule has 2 N–H and O–H groups in total. The first-order valence-electron chi connectivity index (χ1n) is 9.24. The molecule has 4 rings (SSSR count). The van der Waals surface area contributed by atoms with Gasteiger partial charge in [-0.25, -0.2) is 4.39 Å². The number of halogens is 1. The number of nitrogens with zero attached hydrogens (tertiary/aromatic N) is 4. The quantitative estimate of drug-likeness (QED) is 0.656. The minimum absolute atomic E-state index is 0.0771. The molecule has 142 valence electrons. The number of nitriles is 1. The van der Waals surface area contributed by atoms with E-state index in [1.54, 1.807) is 30.5 Å². The molecule has 6 nitrogen and oxygen atoms in total. The first kappa shape index (κ1) is 18.9. The van der Waals surface area contributed by atoms with E-state index in [1.807, 2.05) is 6.07 Å². The van der Waals surface area contributed by atoms with E-state index in [0.29, 0.717) is 34.8 Å². The molecule has 1 aliphatic carbocycles. The molecule has 29 heavy (non-hydrogen) atoms. The number of phenols is 1. The summed E-state index contributed by atoms with van der Waals surface area (Å²) in [5, 5.41) is 30.8. The summed E-state index contributed by atoms with van der Waals surface area (Å²) in [6.45, 7) is 0.497. The minimum Gasteiger partial charge on any atom is -0.506 e. The number of aromatic hydroxyl groups is 1. The molecule has 0 aliphatic heterocycles. The standard InChI is InChI=1S/C21H17BFN5O/c22-14-9-13(11-24)19(29)15(10-14)17-4-5-18(28-27-17)26-12-21(6-2-7-21)20-16(23)3-1-8-25-20/h1,3-5,8-10,29H,2,6-7,12H2,(H,26,28). The highest BCUT2D eigenvalue weighted by atomic mass is 19.1. The van der Waals surface area contributed by atoms with Crippen molar-refractivity contribution in [1.29, 1.82) is 5.26 Å². The Morgan fingerprint density at radius 2 is 2.07 bits per heavy atom. The molecule has 0 atom stereocenters. The number of anilines is 1. The monoisotopic (exact) mass is 385 g/mol. The van der Waals surface area contributed by atoms with Crippen LogP contribution in [0.5, 0.6) is 5.75 Å². The Kier molecular flexibility index (Phi) is 4.89. The van der Waals surface area contributed by atoms with Gasteiger partial charge in [-0.2, -0.15) is 5.26 Å². The predicted molar refractivity (Wildman–Crippen MR) is 107 cm³/mol. The summed E-state index contributed by atoms with van der Waals surface area (Å²) in [4.78, 5) is 4.26. The van der Waals surface area contributed by atoms with Crippen LogP contribution in [0.3, 0.4) is 0 Å². The van der Waals surface area contributed by atoms with Crippen LogP contribution in [0.2, 0.25) is 0 Å². The van der Waals surface area contributed by atoms with Gasteiger partial charge in [-0.3, -0.25) is 4.98 Å². The molecule has 0 saturated heterocycles. The van der Waals surface area contributed by atoms with Crippen molar-refractivity contribution in [1.82, 2.24) is 15.2 Å². The van der Waals surface area contributed by atoms with Crippen LogP contribution < -0.4 is 10.8 Å². The molecule has 0 bridgehead atoms. The maximum absolute atomic E-state index is 14.2. The highest BCUT2D eigenvalue weighted by Gasteiger charge is 2.41. The van der Waals surface area contributed by atoms with E-state index in [4.69, 9.17) is 13.1 Å². The fourth-order valence-corrected chi connectivity index (χ4v) is 3.64. The molecular weight excluding hydrogens is 368 g/mol. The smallest absolute Gasteiger partial charge is 0.148 e. The van der Waals surface area contributed by atoms with Gasteiger partial charge in [0.25, 0.3) is 0 Å². The van der Waals surface area contributed by atoms with E-state index in [2.05, 4.69) is 20.5 Å². The van der Waals surface area contributed by atoms with E-state index in [1.165, 1.54) is 12.1 Å². The molecule has 0 spiro atoms. The Labute approximate surface area is 168 Å². The zero-order valence-electron chi connectivity index (χ0n) is 15.6. The summed E-state index contributed by atoms with van der Waals surface area (Å²) < 4.78 is 14.2. The Balaban J connectivity index is 1.53. The van der Waals surface area contributed by atoms with Crippen molar-refractivity contribution in [3.8, 4) is 23.1 Å². The molecule has 1 saturated carbocycles. The molecule has 2 aromatic heterocycles. The zero-order valence-corrected chi connectivity index (χ0v) is 15.6. The lowest BCUT2D eigenvalue weighted by Gasteiger charge is -2.41. The summed E-state index contributed by atoms with van der Waals surface area (Å²) in [7, 11) is 5.80. The molecule has 0 unspecified atom stereocenters. The molecule has 2 radical (unpaired) electrons. The average Bonchev–Trinajstić information content (AvgIpc) is 2.70. The highest BCUT2D eigenvalue weighted by Crippen LogP contribution is 2.43. The third-order valence-electron chi connectivity index (χ3n) is 5.37. The average molecular weight is 385 g/mol. The number of nitrogens with one attached hydrogen (secondary N) is 1. The summed E-state index contributed by atoms with van der Waals surface area (Å²) in [6, 6.07) is 11.3. The predicted octanol–water partition coefficient (Wildman–Crippen LogP) is 2.58. The summed E-state index contributed by atoms with van der Waals surface area (Å²) >= 11 is 0. The normalized spacial score (nSPS) is 14.6. The van der Waals surface area contributed by atoms with E-state index >= 15 is 0 Å². The minimum atomic E-state index is -0.348. The van der Waals surface area contributed by atoms with Crippen LogP contribution in [0.4, 0.5) is 10.2 Å². The molecule has 1 aromatic carbocycles. The van der Waals surface area contributed by atoms with Gasteiger partial charge in [-0.1, -0.05) is 17.9 Å². The van der Waals surface area contributed by atoms with E-state index in [-0.39, 0.29) is 22.5 Å². The maximum Gasteiger partial charge on any atom is 0.148 e. The number of hydrogen-bond acceptors (Lipinski definition) is 6. The second-order valence-electron chi connectivity index (χ2n) is 7.20. The fourth-order valence-electron chi connectivity index (χ4n) is 3.64. The summed E-state index contributed by atoms with van der Waals surface area (Å²) in [6.07, 6.45) is 4.35. The van der Waals surface area contributed by atoms with E-state index in [9.17, 15) is 9.50 Å². The number of benzene rings is 1. The molecule has 1 aliphatic rings. The third kappa shape index (κ3) is 3.52. The molecule has 2 heterocycles. The lowest BCUT2D eigenvalue weighted by molar-refractivity contribution is 0.243. The second-order valence-corrected chi connectivity index (χ2v) is 7.20. The Hall–Kier alpha value is -3.47. The summed E-state index contributed by atoms with van der Waals surface area (Å²) in [5.74, 6) is 0.0527. The Morgan fingerprint density at radius 3 is 2.69 bits per heavy atom. The first-order valence-corrected chi connectivity index (χ1v) is 9.24. The van der Waals surface area contributed by atoms with Gasteiger partial charge in [0.15, 0.2) is 0 Å². The SMILES string of the molecule is [B]c1cc(C#N)c(O)c(-c2ccc(NCC3(c4ncccc4F)CCC3)nn2)c1. The van der Waals surface area contributed by atoms with Crippen LogP contribution in [-0.4, -0.2) is 34.7 Å². The topological polar surface area (TPSA) is 94.7 Å². The third-order valence-corrected chi connectivity index (χ3v) is 5.37. The van der Waals surface area contributed by atoms with Gasteiger partial charge in [0, 0.05) is 23.7 Å². The van der Waals surface area contributed by atoms with E-state index < -0.39 is 0 Å². The molecular formula is C21H17BFN5O. The maximum atomic E-state index is 14.2. The van der Waals surface area contributed by atoms with Gasteiger partial charge in [0.1, 0.15) is 31.3 Å². The molecule has 0 amide bonds. The van der Waals surface area contributed by atoms with Gasteiger partial charge in [-0.15, -0.1) is 10.2 Å². The fraction of sp³-hybridized carbons (Fsp3) is 0.238. The molecule has 3 aromatic rings. The van der Waals surface area contributed by atoms with Crippen molar-refractivity contribution in [2.45, 2.75) is 24.7 Å². The van der Waals surface area contributed by atoms with Crippen LogP contribution in [0.25, 0.3) is 11.3 Å². The van der Waals surface area contributed by atoms with Crippen molar-refractivity contribution in [2.75, 3.05) is 11.9 Å². The van der Waals surface area contributed by atoms with Crippen LogP contribution in [-0.2, 0) is 5.41 Å². The van der Waals surface area contributed by atoms with Crippen molar-refractivity contribution >= 4 is 19.1 Å². The van der Waals surface area contributed by atoms with Crippen molar-refractivity contribution < 1.29 is 9.50 Å². The van der Waals surface area contributed by atoms with Gasteiger partial charge < -0.3 is 10.4 Å². The number of phenolic OH excluding ortho intramolecular Hbond substituents is 1. The van der Waals surface area contributed by atoms with Gasteiger partial charge >= 0.3 is 0 Å². The van der Waals surface area contributed by atoms with Crippen molar-refractivity contribution in [3.05, 3.63) is 59.7 Å². The van der Waals surface area contributed by atoms with Crippen molar-refractivity contribution in [3.63, 3.8) is 0 Å². The Morgan fingerprint density at radius 1 is 1.24 bits per heavy atom. The van der Waals surface area contributed by atoms with Crippen LogP contribution in [0, 0.1) is 17.1 Å². The van der Waals surface area contributed by atoms with Crippen LogP contribution in [0.15, 0.2) is 42.6 Å². The number of aromatic nitrogens is 3. The zero-order chi connectivity index (χ0) is 20.4. The summed E-state index contributed by atoms with van der Waals surface area (Å²) in [5.41, 5.74) is 1.30. The first-order chi connectivity index (χ1) is 14.0. The van der Waals surface area contributed by atoms with Gasteiger partial charge in [0.05, 0.1) is 17.0 Å². The largest absolute Gasteiger partial charge is 0.506 e. The van der Waals surface area contributed by atoms with Gasteiger partial charge in [-0.05, 0) is 43.2 Å². The van der Waals surface area contributed by atoms with E-state index in [0.717, 1.165) is 19.3 Å². The van der Waals surface area contributed by atoms with Gasteiger partial charge in [0.2, 0.25) is 0 Å². The molecule has 8 heteroatoms. The van der Waals surface area contributed by atoms with Crippen LogP contribution in [0.1, 0.15) is 30.5 Å². The van der Waals surface area contributed by atoms with Crippen LogP contribution >= 0.6 is 0 Å².